The van der Waals surface area contributed by atoms with Crippen LogP contribution in [0.25, 0.3) is 21.6 Å². The first-order valence-corrected chi connectivity index (χ1v) is 6.49. The summed E-state index contributed by atoms with van der Waals surface area (Å²) in [5.41, 5.74) is 2.26. The molecule has 0 saturated heterocycles. The molecular weight excluding hydrogens is 260 g/mol. The van der Waals surface area contributed by atoms with Gasteiger partial charge in [-0.1, -0.05) is 12.1 Å². The van der Waals surface area contributed by atoms with Crippen molar-refractivity contribution < 1.29 is 9.53 Å². The van der Waals surface area contributed by atoms with Gasteiger partial charge < -0.3 is 4.74 Å². The van der Waals surface area contributed by atoms with Crippen molar-refractivity contribution >= 4 is 28.7 Å². The zero-order valence-electron chi connectivity index (χ0n) is 10.2. The molecule has 0 aliphatic heterocycles. The lowest BCUT2D eigenvalue weighted by molar-refractivity contribution is 0.112. The third-order valence-electron chi connectivity index (χ3n) is 2.71. The molecule has 1 aromatic carbocycles. The maximum absolute atomic E-state index is 10.8. The average molecular weight is 270 g/mol. The second-order valence-corrected chi connectivity index (χ2v) is 5.01. The molecule has 4 nitrogen and oxygen atoms in total. The molecule has 0 N–H and O–H groups in total. The molecule has 19 heavy (non-hydrogen) atoms. The monoisotopic (exact) mass is 270 g/mol. The third kappa shape index (κ3) is 2.08. The molecule has 94 valence electrons. The Balaban J connectivity index is 2.23. The van der Waals surface area contributed by atoms with Crippen LogP contribution < -0.4 is 4.74 Å². The minimum atomic E-state index is 0.470. The third-order valence-corrected chi connectivity index (χ3v) is 3.73. The number of benzene rings is 1. The van der Waals surface area contributed by atoms with Crippen LogP contribution in [0.4, 0.5) is 0 Å². The maximum atomic E-state index is 10.8. The SMILES string of the molecule is COc1nc2ccccc2nc1-c1ccc(C=O)s1. The molecule has 3 aromatic rings. The van der Waals surface area contributed by atoms with Crippen LogP contribution in [0.1, 0.15) is 9.67 Å². The normalized spacial score (nSPS) is 10.6. The maximum Gasteiger partial charge on any atom is 0.241 e. The Morgan fingerprint density at radius 3 is 2.47 bits per heavy atom. The van der Waals surface area contributed by atoms with E-state index >= 15 is 0 Å². The van der Waals surface area contributed by atoms with Crippen molar-refractivity contribution in [2.24, 2.45) is 0 Å². The van der Waals surface area contributed by atoms with Gasteiger partial charge in [0.05, 0.1) is 27.9 Å². The van der Waals surface area contributed by atoms with E-state index < -0.39 is 0 Å². The lowest BCUT2D eigenvalue weighted by Crippen LogP contribution is -1.95. The molecular formula is C14H10N2O2S. The molecule has 0 aliphatic carbocycles. The van der Waals surface area contributed by atoms with Gasteiger partial charge >= 0.3 is 0 Å². The number of ether oxygens (including phenoxy) is 1. The molecule has 5 heteroatoms. The molecule has 3 rings (SSSR count). The molecule has 0 radical (unpaired) electrons. The molecule has 0 amide bonds. The fraction of sp³-hybridized carbons (Fsp3) is 0.0714. The molecule has 0 saturated carbocycles. The van der Waals surface area contributed by atoms with Crippen LogP contribution in [0, 0.1) is 0 Å². The average Bonchev–Trinajstić information content (AvgIpc) is 2.94. The van der Waals surface area contributed by atoms with Gasteiger partial charge in [0.2, 0.25) is 5.88 Å². The highest BCUT2D eigenvalue weighted by atomic mass is 32.1. The molecule has 2 aromatic heterocycles. The van der Waals surface area contributed by atoms with Crippen molar-refractivity contribution in [3.8, 4) is 16.5 Å². The van der Waals surface area contributed by atoms with Gasteiger partial charge in [-0.25, -0.2) is 9.97 Å². The predicted molar refractivity (Wildman–Crippen MR) is 74.8 cm³/mol. The van der Waals surface area contributed by atoms with Gasteiger partial charge in [-0.05, 0) is 24.3 Å². The smallest absolute Gasteiger partial charge is 0.241 e. The fourth-order valence-electron chi connectivity index (χ4n) is 1.83. The topological polar surface area (TPSA) is 52.1 Å². The van der Waals surface area contributed by atoms with E-state index in [1.54, 1.807) is 13.2 Å². The van der Waals surface area contributed by atoms with Crippen molar-refractivity contribution in [3.63, 3.8) is 0 Å². The Labute approximate surface area is 113 Å². The minimum Gasteiger partial charge on any atom is -0.479 e. The number of methoxy groups -OCH3 is 1. The van der Waals surface area contributed by atoms with Crippen molar-refractivity contribution in [3.05, 3.63) is 41.3 Å². The molecule has 0 aliphatic rings. The first kappa shape index (κ1) is 11.8. The Hall–Kier alpha value is -2.27. The molecule has 0 unspecified atom stereocenters. The fourth-order valence-corrected chi connectivity index (χ4v) is 2.63. The number of fused-ring (bicyclic) bond motifs is 1. The van der Waals surface area contributed by atoms with Crippen LogP contribution in [0.5, 0.6) is 5.88 Å². The van der Waals surface area contributed by atoms with E-state index in [4.69, 9.17) is 4.74 Å². The van der Waals surface area contributed by atoms with Crippen molar-refractivity contribution in [2.75, 3.05) is 7.11 Å². The summed E-state index contributed by atoms with van der Waals surface area (Å²) in [7, 11) is 1.57. The molecule has 0 spiro atoms. The Morgan fingerprint density at radius 2 is 1.84 bits per heavy atom. The lowest BCUT2D eigenvalue weighted by Gasteiger charge is -2.06. The standard InChI is InChI=1S/C14H10N2O2S/c1-18-14-13(12-7-6-9(8-17)19-12)15-10-4-2-3-5-11(10)16-14/h2-8H,1H3. The molecule has 0 bridgehead atoms. The summed E-state index contributed by atoms with van der Waals surface area (Å²) in [6.45, 7) is 0. The largest absolute Gasteiger partial charge is 0.479 e. The van der Waals surface area contributed by atoms with Gasteiger partial charge in [0.15, 0.2) is 6.29 Å². The van der Waals surface area contributed by atoms with E-state index in [0.717, 1.165) is 22.2 Å². The summed E-state index contributed by atoms with van der Waals surface area (Å²) < 4.78 is 5.30. The zero-order chi connectivity index (χ0) is 13.2. The van der Waals surface area contributed by atoms with Gasteiger partial charge in [0, 0.05) is 0 Å². The number of thiophene rings is 1. The number of hydrogen-bond acceptors (Lipinski definition) is 5. The van der Waals surface area contributed by atoms with E-state index in [9.17, 15) is 4.79 Å². The van der Waals surface area contributed by atoms with Crippen LogP contribution in [0.3, 0.4) is 0 Å². The molecule has 0 fully saturated rings. The molecule has 0 atom stereocenters. The second-order valence-electron chi connectivity index (χ2n) is 3.89. The quantitative estimate of drug-likeness (QED) is 0.686. The number of aldehydes is 1. The van der Waals surface area contributed by atoms with E-state index in [1.165, 1.54) is 11.3 Å². The lowest BCUT2D eigenvalue weighted by atomic mass is 10.2. The molecule has 2 heterocycles. The van der Waals surface area contributed by atoms with Crippen molar-refractivity contribution in [1.29, 1.82) is 0 Å². The summed E-state index contributed by atoms with van der Waals surface area (Å²) in [6, 6.07) is 11.2. The Kier molecular flexibility index (Phi) is 2.97. The Bertz CT molecular complexity index is 752. The summed E-state index contributed by atoms with van der Waals surface area (Å²) in [5.74, 6) is 0.470. The van der Waals surface area contributed by atoms with Crippen molar-refractivity contribution in [1.82, 2.24) is 9.97 Å². The van der Waals surface area contributed by atoms with Gasteiger partial charge in [-0.15, -0.1) is 11.3 Å². The second kappa shape index (κ2) is 4.78. The van der Waals surface area contributed by atoms with E-state index in [0.29, 0.717) is 16.5 Å². The van der Waals surface area contributed by atoms with Crippen molar-refractivity contribution in [2.45, 2.75) is 0 Å². The van der Waals surface area contributed by atoms with Crippen LogP contribution in [-0.4, -0.2) is 23.4 Å². The highest BCUT2D eigenvalue weighted by Crippen LogP contribution is 2.33. The summed E-state index contributed by atoms with van der Waals surface area (Å²) in [4.78, 5) is 21.3. The number of nitrogens with zero attached hydrogens (tertiary/aromatic N) is 2. The van der Waals surface area contributed by atoms with E-state index in [-0.39, 0.29) is 0 Å². The Morgan fingerprint density at radius 1 is 1.11 bits per heavy atom. The highest BCUT2D eigenvalue weighted by molar-refractivity contribution is 7.17. The summed E-state index contributed by atoms with van der Waals surface area (Å²) in [6.07, 6.45) is 0.828. The van der Waals surface area contributed by atoms with E-state index in [1.807, 2.05) is 30.3 Å². The highest BCUT2D eigenvalue weighted by Gasteiger charge is 2.13. The summed E-state index contributed by atoms with van der Waals surface area (Å²) >= 11 is 1.37. The summed E-state index contributed by atoms with van der Waals surface area (Å²) in [5, 5.41) is 0. The van der Waals surface area contributed by atoms with Gasteiger partial charge in [-0.2, -0.15) is 0 Å². The van der Waals surface area contributed by atoms with Gasteiger partial charge in [-0.3, -0.25) is 4.79 Å². The van der Waals surface area contributed by atoms with Crippen LogP contribution >= 0.6 is 11.3 Å². The van der Waals surface area contributed by atoms with Gasteiger partial charge in [0.1, 0.15) is 5.69 Å². The number of hydrogen-bond donors (Lipinski definition) is 0. The van der Waals surface area contributed by atoms with Crippen LogP contribution in [-0.2, 0) is 0 Å². The number of carbonyl (C=O) groups excluding carboxylic acids is 1. The predicted octanol–water partition coefficient (Wildman–Crippen LogP) is 3.18. The number of aromatic nitrogens is 2. The van der Waals surface area contributed by atoms with Crippen LogP contribution in [0.15, 0.2) is 36.4 Å². The zero-order valence-corrected chi connectivity index (χ0v) is 11.0. The minimum absolute atomic E-state index is 0.470. The first-order chi connectivity index (χ1) is 9.31. The van der Waals surface area contributed by atoms with Crippen LogP contribution in [0.2, 0.25) is 0 Å². The first-order valence-electron chi connectivity index (χ1n) is 5.68. The van der Waals surface area contributed by atoms with E-state index in [2.05, 4.69) is 9.97 Å². The van der Waals surface area contributed by atoms with Gasteiger partial charge in [0.25, 0.3) is 0 Å². The number of carbonyl (C=O) groups is 1. The number of para-hydroxylation sites is 2. The number of rotatable bonds is 3.